The van der Waals surface area contributed by atoms with Crippen LogP contribution in [-0.2, 0) is 0 Å². The Kier molecular flexibility index (Phi) is 1.84. The molecule has 5 heteroatoms. The Hall–Kier alpha value is -1.65. The number of aromatic nitrogens is 1. The molecule has 0 amide bonds. The van der Waals surface area contributed by atoms with Gasteiger partial charge in [-0.25, -0.2) is 0 Å². The minimum Gasteiger partial charge on any atom is -0.490 e. The van der Waals surface area contributed by atoms with Crippen LogP contribution < -0.4 is 4.74 Å². The van der Waals surface area contributed by atoms with Crippen LogP contribution in [0.5, 0.6) is 5.75 Å². The monoisotopic (exact) mass is 180 g/mol. The van der Waals surface area contributed by atoms with Gasteiger partial charge in [0.05, 0.1) is 12.2 Å². The summed E-state index contributed by atoms with van der Waals surface area (Å²) >= 11 is 0. The van der Waals surface area contributed by atoms with E-state index in [1.54, 1.807) is 6.07 Å². The Balaban J connectivity index is 2.15. The highest BCUT2D eigenvalue weighted by atomic mass is 16.6. The van der Waals surface area contributed by atoms with Crippen LogP contribution in [0.3, 0.4) is 0 Å². The predicted molar refractivity (Wildman–Crippen MR) is 44.5 cm³/mol. The van der Waals surface area contributed by atoms with E-state index in [1.165, 1.54) is 12.3 Å². The lowest BCUT2D eigenvalue weighted by molar-refractivity contribution is -0.389. The molecule has 1 heterocycles. The van der Waals surface area contributed by atoms with Crippen molar-refractivity contribution in [1.82, 2.24) is 4.98 Å². The first-order valence-corrected chi connectivity index (χ1v) is 4.03. The topological polar surface area (TPSA) is 65.3 Å². The molecule has 0 unspecified atom stereocenters. The molecule has 1 aliphatic rings. The molecular formula is C8H8N2O3. The van der Waals surface area contributed by atoms with Crippen molar-refractivity contribution < 1.29 is 9.66 Å². The van der Waals surface area contributed by atoms with Crippen molar-refractivity contribution in [3.63, 3.8) is 0 Å². The molecule has 0 spiro atoms. The highest BCUT2D eigenvalue weighted by molar-refractivity contribution is 5.30. The van der Waals surface area contributed by atoms with Gasteiger partial charge in [-0.1, -0.05) is 0 Å². The van der Waals surface area contributed by atoms with E-state index in [0.29, 0.717) is 5.75 Å². The van der Waals surface area contributed by atoms with Crippen molar-refractivity contribution in [3.05, 3.63) is 28.4 Å². The largest absolute Gasteiger partial charge is 0.490 e. The summed E-state index contributed by atoms with van der Waals surface area (Å²) in [5.74, 6) is 0.363. The molecule has 0 aromatic carbocycles. The van der Waals surface area contributed by atoms with Gasteiger partial charge in [-0.05, 0) is 22.7 Å². The Morgan fingerprint density at radius 2 is 2.38 bits per heavy atom. The minimum absolute atomic E-state index is 0.168. The van der Waals surface area contributed by atoms with Crippen LogP contribution >= 0.6 is 0 Å². The van der Waals surface area contributed by atoms with Crippen molar-refractivity contribution in [2.45, 2.75) is 18.9 Å². The Bertz CT molecular complexity index is 336. The van der Waals surface area contributed by atoms with E-state index in [4.69, 9.17) is 4.74 Å². The van der Waals surface area contributed by atoms with Gasteiger partial charge >= 0.3 is 5.82 Å². The zero-order valence-electron chi connectivity index (χ0n) is 6.84. The molecule has 1 aromatic rings. The average Bonchev–Trinajstić information content (AvgIpc) is 2.89. The molecular weight excluding hydrogens is 172 g/mol. The maximum atomic E-state index is 10.3. The van der Waals surface area contributed by atoms with Crippen LogP contribution in [0.15, 0.2) is 18.3 Å². The third kappa shape index (κ3) is 1.93. The summed E-state index contributed by atoms with van der Waals surface area (Å²) in [5.41, 5.74) is 0. The van der Waals surface area contributed by atoms with Gasteiger partial charge in [0.2, 0.25) is 0 Å². The molecule has 1 aliphatic carbocycles. The molecule has 0 bridgehead atoms. The van der Waals surface area contributed by atoms with Crippen LogP contribution in [0.2, 0.25) is 0 Å². The number of ether oxygens (including phenoxy) is 1. The maximum Gasteiger partial charge on any atom is 0.367 e. The maximum absolute atomic E-state index is 10.3. The second kappa shape index (κ2) is 3.01. The number of nitro groups is 1. The summed E-state index contributed by atoms with van der Waals surface area (Å²) in [5, 5.41) is 10.3. The lowest BCUT2D eigenvalue weighted by Gasteiger charge is -2.01. The normalized spacial score (nSPS) is 15.4. The van der Waals surface area contributed by atoms with E-state index < -0.39 is 4.92 Å². The Morgan fingerprint density at radius 1 is 1.62 bits per heavy atom. The number of pyridine rings is 1. The Labute approximate surface area is 74.5 Å². The molecule has 68 valence electrons. The van der Waals surface area contributed by atoms with Crippen molar-refractivity contribution in [2.24, 2.45) is 0 Å². The van der Waals surface area contributed by atoms with Crippen molar-refractivity contribution in [2.75, 3.05) is 0 Å². The molecule has 1 saturated carbocycles. The lowest BCUT2D eigenvalue weighted by Crippen LogP contribution is -1.97. The first-order valence-electron chi connectivity index (χ1n) is 4.03. The molecule has 0 saturated heterocycles. The molecule has 0 radical (unpaired) electrons. The first-order chi connectivity index (χ1) is 6.25. The fourth-order valence-electron chi connectivity index (χ4n) is 0.951. The molecule has 0 N–H and O–H groups in total. The average molecular weight is 180 g/mol. The molecule has 2 rings (SSSR count). The van der Waals surface area contributed by atoms with Gasteiger partial charge in [-0.2, -0.15) is 0 Å². The second-order valence-corrected chi connectivity index (χ2v) is 2.92. The standard InChI is InChI=1S/C8H8N2O3/c11-10(12)8-5-7(3-4-9-8)13-6-1-2-6/h3-6H,1-2H2. The molecule has 1 fully saturated rings. The van der Waals surface area contributed by atoms with Crippen LogP contribution in [-0.4, -0.2) is 16.0 Å². The smallest absolute Gasteiger partial charge is 0.367 e. The summed E-state index contributed by atoms with van der Waals surface area (Å²) in [4.78, 5) is 13.4. The van der Waals surface area contributed by atoms with Gasteiger partial charge in [0.1, 0.15) is 11.9 Å². The fourth-order valence-corrected chi connectivity index (χ4v) is 0.951. The molecule has 5 nitrogen and oxygen atoms in total. The van der Waals surface area contributed by atoms with Crippen molar-refractivity contribution >= 4 is 5.82 Å². The van der Waals surface area contributed by atoms with Crippen LogP contribution in [0.1, 0.15) is 12.8 Å². The summed E-state index contributed by atoms with van der Waals surface area (Å²) in [7, 11) is 0. The third-order valence-corrected chi connectivity index (χ3v) is 1.73. The summed E-state index contributed by atoms with van der Waals surface area (Å²) in [6.45, 7) is 0. The van der Waals surface area contributed by atoms with Gasteiger partial charge in [0.15, 0.2) is 0 Å². The van der Waals surface area contributed by atoms with Crippen LogP contribution in [0, 0.1) is 10.1 Å². The summed E-state index contributed by atoms with van der Waals surface area (Å²) in [6.07, 6.45) is 3.71. The summed E-state index contributed by atoms with van der Waals surface area (Å²) < 4.78 is 5.37. The van der Waals surface area contributed by atoms with Gasteiger partial charge in [0, 0.05) is 6.07 Å². The van der Waals surface area contributed by atoms with Crippen molar-refractivity contribution in [3.8, 4) is 5.75 Å². The molecule has 1 aromatic heterocycles. The quantitative estimate of drug-likeness (QED) is 0.522. The SMILES string of the molecule is O=[N+]([O-])c1cc(OC2CC2)ccn1. The third-order valence-electron chi connectivity index (χ3n) is 1.73. The van der Waals surface area contributed by atoms with Gasteiger partial charge in [-0.15, -0.1) is 0 Å². The van der Waals surface area contributed by atoms with E-state index in [9.17, 15) is 10.1 Å². The molecule has 0 atom stereocenters. The van der Waals surface area contributed by atoms with E-state index in [2.05, 4.69) is 4.98 Å². The van der Waals surface area contributed by atoms with Gasteiger partial charge < -0.3 is 14.9 Å². The zero-order chi connectivity index (χ0) is 9.26. The highest BCUT2D eigenvalue weighted by Crippen LogP contribution is 2.27. The van der Waals surface area contributed by atoms with E-state index in [-0.39, 0.29) is 11.9 Å². The summed E-state index contributed by atoms with van der Waals surface area (Å²) in [6, 6.07) is 2.98. The highest BCUT2D eigenvalue weighted by Gasteiger charge is 2.24. The predicted octanol–water partition coefficient (Wildman–Crippen LogP) is 1.53. The minimum atomic E-state index is -0.528. The molecule has 0 aliphatic heterocycles. The fraction of sp³-hybridized carbons (Fsp3) is 0.375. The van der Waals surface area contributed by atoms with E-state index in [1.807, 2.05) is 0 Å². The number of rotatable bonds is 3. The van der Waals surface area contributed by atoms with Gasteiger partial charge in [-0.3, -0.25) is 0 Å². The first kappa shape index (κ1) is 7.97. The Morgan fingerprint density at radius 3 is 3.00 bits per heavy atom. The molecule has 13 heavy (non-hydrogen) atoms. The number of hydrogen-bond donors (Lipinski definition) is 0. The van der Waals surface area contributed by atoms with E-state index >= 15 is 0 Å². The van der Waals surface area contributed by atoms with E-state index in [0.717, 1.165) is 12.8 Å². The van der Waals surface area contributed by atoms with Gasteiger partial charge in [0.25, 0.3) is 0 Å². The second-order valence-electron chi connectivity index (χ2n) is 2.92. The van der Waals surface area contributed by atoms with Crippen molar-refractivity contribution in [1.29, 1.82) is 0 Å². The number of hydrogen-bond acceptors (Lipinski definition) is 4. The van der Waals surface area contributed by atoms with Crippen LogP contribution in [0.25, 0.3) is 0 Å². The van der Waals surface area contributed by atoms with Crippen LogP contribution in [0.4, 0.5) is 5.82 Å². The number of nitrogens with zero attached hydrogens (tertiary/aromatic N) is 2. The zero-order valence-corrected chi connectivity index (χ0v) is 6.84. The lowest BCUT2D eigenvalue weighted by atomic mass is 10.4.